The molecule has 170 valence electrons. The number of imidazole rings is 1. The Morgan fingerprint density at radius 2 is 2.09 bits per heavy atom. The number of carbonyl (C=O) groups is 1. The zero-order valence-corrected chi connectivity index (χ0v) is 18.4. The number of hydrogen-bond acceptors (Lipinski definition) is 8. The van der Waals surface area contributed by atoms with Gasteiger partial charge in [-0.25, -0.2) is 15.0 Å². The minimum absolute atomic E-state index is 0.223. The van der Waals surface area contributed by atoms with Crippen LogP contribution in [-0.4, -0.2) is 69.1 Å². The summed E-state index contributed by atoms with van der Waals surface area (Å²) < 4.78 is 6.96. The van der Waals surface area contributed by atoms with E-state index in [9.17, 15) is 15.0 Å². The molecular weight excluding hydrogens is 424 g/mol. The molecule has 0 radical (unpaired) electrons. The van der Waals surface area contributed by atoms with E-state index < -0.39 is 23.7 Å². The van der Waals surface area contributed by atoms with Crippen LogP contribution in [0.15, 0.2) is 30.6 Å². The number of nitrogens with one attached hydrogen (secondary N) is 2. The van der Waals surface area contributed by atoms with E-state index in [0.717, 1.165) is 5.56 Å². The first-order chi connectivity index (χ1) is 15.9. The first-order valence-corrected chi connectivity index (χ1v) is 10.6. The molecule has 1 amide bonds. The van der Waals surface area contributed by atoms with E-state index in [-0.39, 0.29) is 17.6 Å². The number of aromatic nitrogens is 4. The number of aliphatic hydroxyl groups is 2. The summed E-state index contributed by atoms with van der Waals surface area (Å²) in [4.78, 5) is 26.0. The lowest BCUT2D eigenvalue weighted by Crippen LogP contribution is -2.41. The number of hydrogen-bond donors (Lipinski definition) is 4. The highest BCUT2D eigenvalue weighted by atomic mass is 16.5. The lowest BCUT2D eigenvalue weighted by molar-refractivity contribution is -0.132. The molecule has 0 aliphatic heterocycles. The lowest BCUT2D eigenvalue weighted by Gasteiger charge is -2.23. The Hall–Kier alpha value is -3.68. The van der Waals surface area contributed by atoms with E-state index in [0.29, 0.717) is 29.2 Å². The number of ether oxygens (including phenoxy) is 1. The van der Waals surface area contributed by atoms with Gasteiger partial charge in [0.2, 0.25) is 11.7 Å². The summed E-state index contributed by atoms with van der Waals surface area (Å²) in [7, 11) is 4.86. The van der Waals surface area contributed by atoms with Crippen molar-refractivity contribution in [2.24, 2.45) is 11.3 Å². The number of aliphatic hydroxyl groups excluding tert-OH is 2. The van der Waals surface area contributed by atoms with Crippen LogP contribution in [0.1, 0.15) is 23.9 Å². The maximum absolute atomic E-state index is 12.5. The van der Waals surface area contributed by atoms with Gasteiger partial charge in [0.05, 0.1) is 31.0 Å². The third-order valence-corrected chi connectivity index (χ3v) is 6.69. The number of benzene rings is 1. The maximum atomic E-state index is 12.5. The summed E-state index contributed by atoms with van der Waals surface area (Å²) in [5, 5.41) is 27.1. The van der Waals surface area contributed by atoms with Crippen LogP contribution in [0.4, 0.5) is 5.82 Å². The first-order valence-electron chi connectivity index (χ1n) is 10.6. The van der Waals surface area contributed by atoms with Gasteiger partial charge in [-0.1, -0.05) is 12.0 Å². The van der Waals surface area contributed by atoms with Crippen LogP contribution in [-0.2, 0) is 4.79 Å². The summed E-state index contributed by atoms with van der Waals surface area (Å²) in [6.45, 7) is 0. The van der Waals surface area contributed by atoms with Gasteiger partial charge in [-0.15, -0.1) is 0 Å². The molecule has 10 heteroatoms. The predicted molar refractivity (Wildman–Crippen MR) is 120 cm³/mol. The molecule has 2 unspecified atom stereocenters. The van der Waals surface area contributed by atoms with Gasteiger partial charge in [-0.2, -0.15) is 0 Å². The summed E-state index contributed by atoms with van der Waals surface area (Å²) >= 11 is 0. The van der Waals surface area contributed by atoms with Crippen LogP contribution in [0.25, 0.3) is 11.2 Å². The largest absolute Gasteiger partial charge is 0.497 e. The highest BCUT2D eigenvalue weighted by Gasteiger charge is 2.75. The average molecular weight is 448 g/mol. The molecule has 2 aromatic heterocycles. The van der Waals surface area contributed by atoms with Crippen molar-refractivity contribution in [2.45, 2.75) is 24.7 Å². The standard InChI is InChI=1S/C23H24N6O4/c1-24-20-16-21(28-15(27-20)8-7-12-5-4-6-13(9-12)33-3)29(11-26-16)17-14-10-23(14,22(32)25-2)19(31)18(17)30/h4-6,9,11,14,17-19,30-31H,10H2,1-3H3,(H,25,32)(H,24,27,28)/t14?,17-,18+,19+,23?/m1/s1. The van der Waals surface area contributed by atoms with Crippen LogP contribution in [0.2, 0.25) is 0 Å². The molecule has 2 aliphatic rings. The van der Waals surface area contributed by atoms with Gasteiger partial charge in [0, 0.05) is 25.6 Å². The SMILES string of the molecule is CNC(=O)C12CC1[C@@H](n1cnc3c(NC)nc(C#Cc4cccc(OC)c4)nc31)[C@H](O)[C@@H]2O. The topological polar surface area (TPSA) is 134 Å². The molecule has 1 aromatic carbocycles. The van der Waals surface area contributed by atoms with Crippen LogP contribution < -0.4 is 15.4 Å². The molecule has 0 saturated heterocycles. The lowest BCUT2D eigenvalue weighted by atomic mass is 9.98. The Kier molecular flexibility index (Phi) is 4.96. The smallest absolute Gasteiger partial charge is 0.229 e. The van der Waals surface area contributed by atoms with E-state index in [2.05, 4.69) is 37.4 Å². The monoisotopic (exact) mass is 448 g/mol. The number of fused-ring (bicyclic) bond motifs is 2. The average Bonchev–Trinajstić information content (AvgIpc) is 3.38. The number of carbonyl (C=O) groups excluding carboxylic acids is 1. The summed E-state index contributed by atoms with van der Waals surface area (Å²) in [6.07, 6.45) is -0.236. The van der Waals surface area contributed by atoms with Gasteiger partial charge < -0.3 is 30.2 Å². The number of rotatable bonds is 4. The van der Waals surface area contributed by atoms with Crippen molar-refractivity contribution < 1.29 is 19.7 Å². The second-order valence-corrected chi connectivity index (χ2v) is 8.31. The zero-order valence-electron chi connectivity index (χ0n) is 18.4. The third kappa shape index (κ3) is 3.12. The maximum Gasteiger partial charge on any atom is 0.229 e. The number of anilines is 1. The van der Waals surface area contributed by atoms with E-state index in [1.807, 2.05) is 24.3 Å². The van der Waals surface area contributed by atoms with E-state index >= 15 is 0 Å². The highest BCUT2D eigenvalue weighted by Crippen LogP contribution is 2.67. The van der Waals surface area contributed by atoms with Gasteiger partial charge in [0.15, 0.2) is 17.0 Å². The Morgan fingerprint density at radius 3 is 2.82 bits per heavy atom. The molecule has 2 aliphatic carbocycles. The molecule has 0 spiro atoms. The van der Waals surface area contributed by atoms with Crippen LogP contribution >= 0.6 is 0 Å². The first kappa shape index (κ1) is 21.2. The fraction of sp³-hybridized carbons (Fsp3) is 0.391. The third-order valence-electron chi connectivity index (χ3n) is 6.69. The van der Waals surface area contributed by atoms with Crippen molar-refractivity contribution in [3.63, 3.8) is 0 Å². The molecule has 33 heavy (non-hydrogen) atoms. The Labute approximate surface area is 190 Å². The quantitative estimate of drug-likeness (QED) is 0.419. The number of nitrogens with zero attached hydrogens (tertiary/aromatic N) is 4. The van der Waals surface area contributed by atoms with Crippen molar-refractivity contribution in [1.82, 2.24) is 24.8 Å². The fourth-order valence-electron chi connectivity index (χ4n) is 4.98. The summed E-state index contributed by atoms with van der Waals surface area (Å²) in [5.74, 6) is 7.00. The predicted octanol–water partition coefficient (Wildman–Crippen LogP) is 0.305. The molecule has 2 fully saturated rings. The number of methoxy groups -OCH3 is 1. The normalized spacial score (nSPS) is 27.4. The molecule has 4 N–H and O–H groups in total. The second-order valence-electron chi connectivity index (χ2n) is 8.31. The van der Waals surface area contributed by atoms with E-state index in [4.69, 9.17) is 4.74 Å². The van der Waals surface area contributed by atoms with Crippen LogP contribution in [0.3, 0.4) is 0 Å². The zero-order chi connectivity index (χ0) is 23.3. The Morgan fingerprint density at radius 1 is 1.27 bits per heavy atom. The van der Waals surface area contributed by atoms with Gasteiger partial charge in [-0.05, 0) is 30.5 Å². The van der Waals surface area contributed by atoms with Gasteiger partial charge in [0.25, 0.3) is 0 Å². The fourth-order valence-corrected chi connectivity index (χ4v) is 4.98. The molecule has 2 saturated carbocycles. The molecular formula is C23H24N6O4. The molecule has 2 heterocycles. The van der Waals surface area contributed by atoms with Crippen molar-refractivity contribution in [3.8, 4) is 17.6 Å². The summed E-state index contributed by atoms with van der Waals surface area (Å²) in [6, 6.07) is 6.82. The highest BCUT2D eigenvalue weighted by molar-refractivity contribution is 5.88. The second kappa shape index (κ2) is 7.72. The van der Waals surface area contributed by atoms with Crippen LogP contribution in [0, 0.1) is 23.2 Å². The molecule has 5 atom stereocenters. The molecule has 5 rings (SSSR count). The number of amides is 1. The molecule has 3 aromatic rings. The van der Waals surface area contributed by atoms with Gasteiger partial charge >= 0.3 is 0 Å². The van der Waals surface area contributed by atoms with Crippen molar-refractivity contribution in [3.05, 3.63) is 42.0 Å². The van der Waals surface area contributed by atoms with Gasteiger partial charge in [0.1, 0.15) is 11.9 Å². The van der Waals surface area contributed by atoms with E-state index in [1.54, 1.807) is 25.1 Å². The Balaban J connectivity index is 1.56. The van der Waals surface area contributed by atoms with Crippen molar-refractivity contribution in [2.75, 3.05) is 26.5 Å². The summed E-state index contributed by atoms with van der Waals surface area (Å²) in [5.41, 5.74) is 0.758. The minimum atomic E-state index is -1.16. The van der Waals surface area contributed by atoms with Gasteiger partial charge in [-0.3, -0.25) is 4.79 Å². The minimum Gasteiger partial charge on any atom is -0.497 e. The Bertz CT molecular complexity index is 1310. The molecule has 0 bridgehead atoms. The van der Waals surface area contributed by atoms with Crippen LogP contribution in [0.5, 0.6) is 5.75 Å². The van der Waals surface area contributed by atoms with Crippen molar-refractivity contribution >= 4 is 22.9 Å². The van der Waals surface area contributed by atoms with E-state index in [1.165, 1.54) is 7.05 Å². The molecule has 10 nitrogen and oxygen atoms in total. The van der Waals surface area contributed by atoms with Crippen molar-refractivity contribution in [1.29, 1.82) is 0 Å².